The highest BCUT2D eigenvalue weighted by molar-refractivity contribution is 7.91. The van der Waals surface area contributed by atoms with Gasteiger partial charge in [0.2, 0.25) is 0 Å². The first-order valence-electron chi connectivity index (χ1n) is 5.92. The Kier molecular flexibility index (Phi) is 4.83. The van der Waals surface area contributed by atoms with Gasteiger partial charge < -0.3 is 9.84 Å². The van der Waals surface area contributed by atoms with Crippen molar-refractivity contribution in [3.63, 3.8) is 0 Å². The molecule has 0 saturated heterocycles. The van der Waals surface area contributed by atoms with Crippen LogP contribution in [0.4, 0.5) is 10.5 Å². The van der Waals surface area contributed by atoms with Crippen molar-refractivity contribution in [2.75, 3.05) is 4.72 Å². The van der Waals surface area contributed by atoms with Gasteiger partial charge in [-0.3, -0.25) is 4.72 Å². The van der Waals surface area contributed by atoms with Gasteiger partial charge in [-0.05, 0) is 44.9 Å². The minimum Gasteiger partial charge on any atom is -0.505 e. The Morgan fingerprint density at radius 2 is 1.90 bits per heavy atom. The summed E-state index contributed by atoms with van der Waals surface area (Å²) >= 11 is 0. The third-order valence-electron chi connectivity index (χ3n) is 2.25. The van der Waals surface area contributed by atoms with Gasteiger partial charge in [-0.15, -0.1) is 0 Å². The maximum atomic E-state index is 11.7. The molecule has 0 heterocycles. The number of hydrogen-bond acceptors (Lipinski definition) is 5. The molecular weight excluding hydrogens is 284 g/mol. The maximum absolute atomic E-state index is 11.7. The van der Waals surface area contributed by atoms with Crippen molar-refractivity contribution in [2.45, 2.75) is 33.8 Å². The van der Waals surface area contributed by atoms with Gasteiger partial charge >= 0.3 is 16.3 Å². The number of nitrogens with one attached hydrogen (secondary N) is 2. The average Bonchev–Trinajstić information content (AvgIpc) is 2.22. The predicted octanol–water partition coefficient (Wildman–Crippen LogP) is 1.80. The van der Waals surface area contributed by atoms with Crippen LogP contribution < -0.4 is 9.44 Å². The SMILES string of the molecule is Cc1cc(C)c(O)c(NS(=O)(=O)NC(=O)OC(C)C)c1. The Morgan fingerprint density at radius 1 is 1.30 bits per heavy atom. The second-order valence-corrected chi connectivity index (χ2v) is 6.05. The predicted molar refractivity (Wildman–Crippen MR) is 74.9 cm³/mol. The number of ether oxygens (including phenoxy) is 1. The highest BCUT2D eigenvalue weighted by atomic mass is 32.2. The first-order valence-corrected chi connectivity index (χ1v) is 7.40. The molecule has 1 aromatic carbocycles. The number of rotatable bonds is 4. The number of phenolic OH excluding ortho intramolecular Hbond substituents is 1. The van der Waals surface area contributed by atoms with E-state index in [1.54, 1.807) is 38.5 Å². The molecule has 0 radical (unpaired) electrons. The van der Waals surface area contributed by atoms with Gasteiger partial charge in [0, 0.05) is 0 Å². The second-order valence-electron chi connectivity index (χ2n) is 4.64. The summed E-state index contributed by atoms with van der Waals surface area (Å²) in [5.74, 6) is -0.196. The van der Waals surface area contributed by atoms with E-state index in [9.17, 15) is 18.3 Å². The molecule has 1 rings (SSSR count). The third-order valence-corrected chi connectivity index (χ3v) is 3.17. The van der Waals surface area contributed by atoms with Gasteiger partial charge in [0.15, 0.2) is 0 Å². The number of carbonyl (C=O) groups is 1. The lowest BCUT2D eigenvalue weighted by Gasteiger charge is -2.13. The van der Waals surface area contributed by atoms with Crippen LogP contribution in [0.1, 0.15) is 25.0 Å². The summed E-state index contributed by atoms with van der Waals surface area (Å²) in [4.78, 5) is 11.3. The number of aromatic hydroxyl groups is 1. The monoisotopic (exact) mass is 302 g/mol. The van der Waals surface area contributed by atoms with Crippen LogP contribution in [-0.4, -0.2) is 25.7 Å². The largest absolute Gasteiger partial charge is 0.505 e. The molecule has 0 bridgehead atoms. The highest BCUT2D eigenvalue weighted by Crippen LogP contribution is 2.29. The molecule has 0 atom stereocenters. The molecule has 0 saturated carbocycles. The van der Waals surface area contributed by atoms with Crippen molar-refractivity contribution in [1.82, 2.24) is 4.72 Å². The molecular formula is C12H18N2O5S. The van der Waals surface area contributed by atoms with E-state index in [4.69, 9.17) is 0 Å². The van der Waals surface area contributed by atoms with Crippen LogP contribution >= 0.6 is 0 Å². The number of carbonyl (C=O) groups excluding carboxylic acids is 1. The summed E-state index contributed by atoms with van der Waals surface area (Å²) < 4.78 is 31.9. The number of amides is 1. The molecule has 8 heteroatoms. The molecule has 3 N–H and O–H groups in total. The molecule has 0 fully saturated rings. The molecule has 1 amide bonds. The zero-order chi connectivity index (χ0) is 15.5. The van der Waals surface area contributed by atoms with Crippen LogP contribution in [-0.2, 0) is 14.9 Å². The molecule has 7 nitrogen and oxygen atoms in total. The van der Waals surface area contributed by atoms with Crippen molar-refractivity contribution in [3.8, 4) is 5.75 Å². The fourth-order valence-electron chi connectivity index (χ4n) is 1.56. The van der Waals surface area contributed by atoms with E-state index in [0.717, 1.165) is 5.56 Å². The van der Waals surface area contributed by atoms with Gasteiger partial charge in [0.05, 0.1) is 11.8 Å². The summed E-state index contributed by atoms with van der Waals surface area (Å²) in [6.07, 6.45) is -1.53. The van der Waals surface area contributed by atoms with E-state index in [-0.39, 0.29) is 11.4 Å². The molecule has 0 spiro atoms. The Hall–Kier alpha value is -1.96. The van der Waals surface area contributed by atoms with Crippen LogP contribution in [0.3, 0.4) is 0 Å². The number of aryl methyl sites for hydroxylation is 2. The maximum Gasteiger partial charge on any atom is 0.422 e. The molecule has 1 aromatic rings. The average molecular weight is 302 g/mol. The van der Waals surface area contributed by atoms with Crippen LogP contribution in [0.5, 0.6) is 5.75 Å². The van der Waals surface area contributed by atoms with Crippen LogP contribution in [0.15, 0.2) is 12.1 Å². The lowest BCUT2D eigenvalue weighted by Crippen LogP contribution is -2.36. The van der Waals surface area contributed by atoms with E-state index < -0.39 is 22.4 Å². The van der Waals surface area contributed by atoms with Crippen LogP contribution in [0.25, 0.3) is 0 Å². The third kappa shape index (κ3) is 4.61. The molecule has 112 valence electrons. The van der Waals surface area contributed by atoms with Crippen molar-refractivity contribution in [3.05, 3.63) is 23.3 Å². The molecule has 0 aromatic heterocycles. The van der Waals surface area contributed by atoms with Gasteiger partial charge in [-0.1, -0.05) is 6.07 Å². The number of hydrogen-bond donors (Lipinski definition) is 3. The van der Waals surface area contributed by atoms with E-state index >= 15 is 0 Å². The Balaban J connectivity index is 2.89. The van der Waals surface area contributed by atoms with Crippen LogP contribution in [0, 0.1) is 13.8 Å². The first kappa shape index (κ1) is 16.1. The first-order chi connectivity index (χ1) is 9.10. The standard InChI is InChI=1S/C12H18N2O5S/c1-7(2)19-12(16)14-20(17,18)13-10-6-8(3)5-9(4)11(10)15/h5-7,13,15H,1-4H3,(H,14,16). The molecule has 0 aliphatic heterocycles. The van der Waals surface area contributed by atoms with Crippen molar-refractivity contribution >= 4 is 22.0 Å². The fraction of sp³-hybridized carbons (Fsp3) is 0.417. The zero-order valence-electron chi connectivity index (χ0n) is 11.7. The van der Waals surface area contributed by atoms with E-state index in [1.807, 2.05) is 0 Å². The van der Waals surface area contributed by atoms with Crippen molar-refractivity contribution in [1.29, 1.82) is 0 Å². The fourth-order valence-corrected chi connectivity index (χ4v) is 2.32. The second kappa shape index (κ2) is 6.00. The summed E-state index contributed by atoms with van der Waals surface area (Å²) in [5, 5.41) is 9.79. The number of anilines is 1. The van der Waals surface area contributed by atoms with Crippen LogP contribution in [0.2, 0.25) is 0 Å². The Bertz CT molecular complexity index is 611. The molecule has 0 unspecified atom stereocenters. The quantitative estimate of drug-likeness (QED) is 0.736. The molecule has 20 heavy (non-hydrogen) atoms. The van der Waals surface area contributed by atoms with E-state index in [1.165, 1.54) is 6.07 Å². The topological polar surface area (TPSA) is 105 Å². The van der Waals surface area contributed by atoms with E-state index in [2.05, 4.69) is 9.46 Å². The summed E-state index contributed by atoms with van der Waals surface area (Å²) in [5.41, 5.74) is 1.28. The minimum absolute atomic E-state index is 0.00709. The van der Waals surface area contributed by atoms with Gasteiger partial charge in [0.25, 0.3) is 0 Å². The zero-order valence-corrected chi connectivity index (χ0v) is 12.5. The highest BCUT2D eigenvalue weighted by Gasteiger charge is 2.18. The summed E-state index contributed by atoms with van der Waals surface area (Å²) in [6.45, 7) is 6.58. The number of phenols is 1. The van der Waals surface area contributed by atoms with Gasteiger partial charge in [-0.25, -0.2) is 9.52 Å². The normalized spacial score (nSPS) is 11.2. The Morgan fingerprint density at radius 3 is 2.45 bits per heavy atom. The minimum atomic E-state index is -4.17. The van der Waals surface area contributed by atoms with E-state index in [0.29, 0.717) is 5.56 Å². The lowest BCUT2D eigenvalue weighted by atomic mass is 10.1. The molecule has 0 aliphatic rings. The van der Waals surface area contributed by atoms with Gasteiger partial charge in [0.1, 0.15) is 5.75 Å². The Labute approximate surface area is 118 Å². The molecule has 0 aliphatic carbocycles. The smallest absolute Gasteiger partial charge is 0.422 e. The lowest BCUT2D eigenvalue weighted by molar-refractivity contribution is 0.121. The van der Waals surface area contributed by atoms with Gasteiger partial charge in [-0.2, -0.15) is 8.42 Å². The number of benzene rings is 1. The summed E-state index contributed by atoms with van der Waals surface area (Å²) in [6, 6.07) is 3.16. The van der Waals surface area contributed by atoms with Crippen molar-refractivity contribution < 1.29 is 23.1 Å². The van der Waals surface area contributed by atoms with Crippen molar-refractivity contribution in [2.24, 2.45) is 0 Å². The summed E-state index contributed by atoms with van der Waals surface area (Å²) in [7, 11) is -4.17.